The maximum Gasteiger partial charge on any atom is 0.508 e. The lowest BCUT2D eigenvalue weighted by Crippen LogP contribution is -2.58. The molecule has 0 aliphatic rings. The lowest BCUT2D eigenvalue weighted by Gasteiger charge is -2.34. The summed E-state index contributed by atoms with van der Waals surface area (Å²) in [4.78, 5) is 21.9. The Morgan fingerprint density at radius 2 is 0.744 bits per heavy atom. The molecule has 11 nitrogen and oxygen atoms in total. The Hall–Kier alpha value is -2.50. The van der Waals surface area contributed by atoms with E-state index in [1.165, 1.54) is 0 Å². The van der Waals surface area contributed by atoms with Crippen LogP contribution in [0.1, 0.15) is 0 Å². The third kappa shape index (κ3) is 12.9. The van der Waals surface area contributed by atoms with E-state index >= 15 is 0 Å². The number of hydrogen-bond acceptors (Lipinski definition) is 11. The molecule has 0 rings (SSSR count). The van der Waals surface area contributed by atoms with E-state index in [4.69, 9.17) is 0 Å². The molecule has 0 N–H and O–H groups in total. The summed E-state index contributed by atoms with van der Waals surface area (Å²) in [6.45, 7) is -7.02. The van der Waals surface area contributed by atoms with Crippen molar-refractivity contribution in [2.24, 2.45) is 0 Å². The van der Waals surface area contributed by atoms with Gasteiger partial charge in [0.25, 0.3) is 0 Å². The molecular weight excluding hydrogens is 596 g/mol. The van der Waals surface area contributed by atoms with Crippen LogP contribution in [-0.4, -0.2) is 103 Å². The van der Waals surface area contributed by atoms with Gasteiger partial charge in [0, 0.05) is 14.2 Å². The zero-order valence-corrected chi connectivity index (χ0v) is 19.3. The summed E-state index contributed by atoms with van der Waals surface area (Å²) >= 11 is 0. The summed E-state index contributed by atoms with van der Waals surface area (Å²) in [7, 11) is 2.22. The van der Waals surface area contributed by atoms with Crippen molar-refractivity contribution in [2.45, 2.75) is 36.7 Å². The fourth-order valence-electron chi connectivity index (χ4n) is 1.62. The fraction of sp³-hybridized carbons (Fsp3) is 0.875. The highest BCUT2D eigenvalue weighted by Gasteiger charge is 2.74. The summed E-state index contributed by atoms with van der Waals surface area (Å²) in [5.74, 6) is 0. The third-order valence-corrected chi connectivity index (χ3v) is 3.22. The number of methoxy groups -OCH3 is 2. The van der Waals surface area contributed by atoms with Crippen LogP contribution in [0.4, 0.5) is 62.3 Å². The predicted octanol–water partition coefficient (Wildman–Crippen LogP) is 4.19. The lowest BCUT2D eigenvalue weighted by molar-refractivity contribution is -0.558. The van der Waals surface area contributed by atoms with Crippen molar-refractivity contribution in [2.75, 3.05) is 53.9 Å². The first kappa shape index (κ1) is 36.5. The molecule has 0 aromatic rings. The number of alkyl halides is 12. The first-order valence-electron chi connectivity index (χ1n) is 9.47. The molecule has 0 bridgehead atoms. The topological polar surface area (TPSA) is 117 Å². The van der Waals surface area contributed by atoms with Crippen LogP contribution in [0, 0.1) is 0 Å². The number of carbonyl (C=O) groups is 2. The third-order valence-electron chi connectivity index (χ3n) is 3.22. The van der Waals surface area contributed by atoms with E-state index in [0.29, 0.717) is 0 Å². The van der Waals surface area contributed by atoms with E-state index in [-0.39, 0.29) is 13.2 Å². The number of ether oxygens (including phenoxy) is 9. The van der Waals surface area contributed by atoms with E-state index in [0.717, 1.165) is 14.2 Å². The first-order chi connectivity index (χ1) is 17.5. The van der Waals surface area contributed by atoms with Gasteiger partial charge >= 0.3 is 49.0 Å². The molecule has 0 aliphatic carbocycles. The number of hydrogen-bond donors (Lipinski definition) is 0. The second-order valence-electron chi connectivity index (χ2n) is 6.41. The molecule has 23 heteroatoms. The van der Waals surface area contributed by atoms with Crippen LogP contribution in [0.15, 0.2) is 0 Å². The van der Waals surface area contributed by atoms with Gasteiger partial charge in [-0.15, -0.1) is 0 Å². The molecule has 0 radical (unpaired) electrons. The van der Waals surface area contributed by atoms with Crippen LogP contribution in [0.3, 0.4) is 0 Å². The minimum atomic E-state index is -7.11. The van der Waals surface area contributed by atoms with Crippen molar-refractivity contribution < 1.29 is 105 Å². The summed E-state index contributed by atoms with van der Waals surface area (Å²) in [6.07, 6.45) is -43.2. The SMILES string of the molecule is COCCOC(=O)OCC(F)(F)OC(F)(F)C(F)(F)OC(F)(F)C(F)(F)OC(F)(F)COC(=O)OCCOC. The average Bonchev–Trinajstić information content (AvgIpc) is 2.74. The summed E-state index contributed by atoms with van der Waals surface area (Å²) < 4.78 is 192. The summed E-state index contributed by atoms with van der Waals surface area (Å²) in [5, 5.41) is 0. The zero-order valence-electron chi connectivity index (χ0n) is 19.3. The van der Waals surface area contributed by atoms with Gasteiger partial charge in [0.2, 0.25) is 0 Å². The monoisotopic (exact) mass is 614 g/mol. The molecule has 0 saturated carbocycles. The minimum Gasteiger partial charge on any atom is -0.432 e. The second kappa shape index (κ2) is 14.2. The molecule has 0 aromatic carbocycles. The number of rotatable bonds is 18. The zero-order chi connectivity index (χ0) is 30.8. The van der Waals surface area contributed by atoms with Gasteiger partial charge in [-0.3, -0.25) is 0 Å². The first-order valence-corrected chi connectivity index (χ1v) is 9.47. The van der Waals surface area contributed by atoms with Gasteiger partial charge in [-0.2, -0.15) is 52.7 Å². The smallest absolute Gasteiger partial charge is 0.432 e. The summed E-state index contributed by atoms with van der Waals surface area (Å²) in [6, 6.07) is 0. The predicted molar refractivity (Wildman–Crippen MR) is 91.3 cm³/mol. The van der Waals surface area contributed by atoms with Crippen LogP contribution in [0.5, 0.6) is 0 Å². The molecule has 0 unspecified atom stereocenters. The Labute approximate surface area is 209 Å². The largest absolute Gasteiger partial charge is 0.508 e. The van der Waals surface area contributed by atoms with Gasteiger partial charge in [0.05, 0.1) is 13.2 Å². The second-order valence-corrected chi connectivity index (χ2v) is 6.41. The highest BCUT2D eigenvalue weighted by molar-refractivity contribution is 5.60. The van der Waals surface area contributed by atoms with E-state index in [1.54, 1.807) is 0 Å². The molecule has 0 aliphatic heterocycles. The molecule has 0 saturated heterocycles. The molecule has 0 aromatic heterocycles. The van der Waals surface area contributed by atoms with Gasteiger partial charge in [-0.05, 0) is 0 Å². The molecule has 0 spiro atoms. The van der Waals surface area contributed by atoms with E-state index in [1.807, 2.05) is 4.74 Å². The van der Waals surface area contributed by atoms with Crippen molar-refractivity contribution in [3.63, 3.8) is 0 Å². The van der Waals surface area contributed by atoms with Crippen molar-refractivity contribution in [1.82, 2.24) is 0 Å². The molecule has 39 heavy (non-hydrogen) atoms. The van der Waals surface area contributed by atoms with Crippen LogP contribution in [0.2, 0.25) is 0 Å². The van der Waals surface area contributed by atoms with Crippen LogP contribution in [-0.2, 0) is 42.6 Å². The van der Waals surface area contributed by atoms with Crippen LogP contribution < -0.4 is 0 Å². The minimum absolute atomic E-state index is 0.299. The molecule has 0 atom stereocenters. The van der Waals surface area contributed by atoms with Crippen molar-refractivity contribution in [1.29, 1.82) is 0 Å². The van der Waals surface area contributed by atoms with Crippen LogP contribution >= 0.6 is 0 Å². The standard InChI is InChI=1S/C16H18F12O11/c1-31-3-5-33-9(29)35-7-11(17,18)37-13(21,22)15(25,26)39-16(27,28)14(23,24)38-12(19,20)8-36-10(30)34-6-4-32-2/h3-8H2,1-2H3. The molecular formula is C16H18F12O11. The van der Waals surface area contributed by atoms with Crippen molar-refractivity contribution in [3.05, 3.63) is 0 Å². The Morgan fingerprint density at radius 1 is 0.462 bits per heavy atom. The molecule has 0 amide bonds. The molecule has 232 valence electrons. The average molecular weight is 614 g/mol. The Morgan fingerprint density at radius 3 is 1.03 bits per heavy atom. The van der Waals surface area contributed by atoms with Crippen molar-refractivity contribution >= 4 is 12.3 Å². The highest BCUT2D eigenvalue weighted by atomic mass is 19.4. The lowest BCUT2D eigenvalue weighted by atomic mass is 10.5. The normalized spacial score (nSPS) is 13.7. The van der Waals surface area contributed by atoms with Gasteiger partial charge in [-0.1, -0.05) is 0 Å². The fourth-order valence-corrected chi connectivity index (χ4v) is 1.62. The van der Waals surface area contributed by atoms with Gasteiger partial charge in [-0.25, -0.2) is 23.8 Å². The van der Waals surface area contributed by atoms with Crippen LogP contribution in [0.25, 0.3) is 0 Å². The highest BCUT2D eigenvalue weighted by Crippen LogP contribution is 2.48. The molecule has 0 heterocycles. The van der Waals surface area contributed by atoms with E-state index in [2.05, 4.69) is 37.9 Å². The summed E-state index contributed by atoms with van der Waals surface area (Å²) in [5.41, 5.74) is 0. The number of carbonyl (C=O) groups excluding carboxylic acids is 2. The van der Waals surface area contributed by atoms with Gasteiger partial charge in [0.15, 0.2) is 13.2 Å². The molecule has 0 fully saturated rings. The number of halogens is 12. The Balaban J connectivity index is 5.27. The van der Waals surface area contributed by atoms with E-state index < -0.39 is 75.4 Å². The van der Waals surface area contributed by atoms with Gasteiger partial charge in [0.1, 0.15) is 13.2 Å². The van der Waals surface area contributed by atoms with E-state index in [9.17, 15) is 62.3 Å². The maximum absolute atomic E-state index is 13.5. The Bertz CT molecular complexity index is 720. The quantitative estimate of drug-likeness (QED) is 0.126. The maximum atomic E-state index is 13.5. The van der Waals surface area contributed by atoms with Crippen molar-refractivity contribution in [3.8, 4) is 0 Å². The van der Waals surface area contributed by atoms with Gasteiger partial charge < -0.3 is 28.4 Å². The Kier molecular flexibility index (Phi) is 13.3.